The fourth-order valence-corrected chi connectivity index (χ4v) is 3.64. The minimum absolute atomic E-state index is 0.0104. The minimum atomic E-state index is -0.382. The molecule has 2 aliphatic rings. The molecule has 0 radical (unpaired) electrons. The van der Waals surface area contributed by atoms with E-state index in [2.05, 4.69) is 10.2 Å². The second-order valence-corrected chi connectivity index (χ2v) is 6.36. The Morgan fingerprint density at radius 1 is 1.26 bits per heavy atom. The summed E-state index contributed by atoms with van der Waals surface area (Å²) < 4.78 is 0. The molecule has 0 bridgehead atoms. The van der Waals surface area contributed by atoms with Crippen LogP contribution in [0.15, 0.2) is 0 Å². The summed E-state index contributed by atoms with van der Waals surface area (Å²) in [4.78, 5) is 28.3. The third-order valence-electron chi connectivity index (χ3n) is 3.84. The summed E-state index contributed by atoms with van der Waals surface area (Å²) in [5, 5.41) is 2.75. The Morgan fingerprint density at radius 3 is 2.58 bits per heavy atom. The first-order chi connectivity index (χ1) is 9.13. The van der Waals surface area contributed by atoms with Gasteiger partial charge in [0.1, 0.15) is 12.1 Å². The van der Waals surface area contributed by atoms with Crippen molar-refractivity contribution in [2.75, 3.05) is 37.7 Å². The Morgan fingerprint density at radius 2 is 1.95 bits per heavy atom. The summed E-state index contributed by atoms with van der Waals surface area (Å²) in [5.74, 6) is 2.38. The highest BCUT2D eigenvalue weighted by Gasteiger charge is 2.37. The van der Waals surface area contributed by atoms with Gasteiger partial charge in [0.2, 0.25) is 11.8 Å². The van der Waals surface area contributed by atoms with Gasteiger partial charge in [0.15, 0.2) is 0 Å². The average Bonchev–Trinajstić information content (AvgIpc) is 2.42. The maximum atomic E-state index is 12.2. The molecule has 2 amide bonds. The molecule has 2 heterocycles. The van der Waals surface area contributed by atoms with Crippen molar-refractivity contribution in [2.24, 2.45) is 0 Å². The molecule has 5 nitrogen and oxygen atoms in total. The summed E-state index contributed by atoms with van der Waals surface area (Å²) in [6.45, 7) is 7.44. The standard InChI is InChI=1S/C13H23N3O2S/c1-3-11-12(17)14-10(2)13(18)16(11)5-4-15-6-8-19-9-7-15/h10-11H,3-9H2,1-2H3,(H,14,17). The molecule has 2 unspecified atom stereocenters. The lowest BCUT2D eigenvalue weighted by Crippen LogP contribution is -2.63. The van der Waals surface area contributed by atoms with Crippen LogP contribution in [0.1, 0.15) is 20.3 Å². The van der Waals surface area contributed by atoms with Crippen LogP contribution < -0.4 is 5.32 Å². The first kappa shape index (κ1) is 14.7. The molecule has 2 fully saturated rings. The predicted octanol–water partition coefficient (Wildman–Crippen LogP) is 0.161. The van der Waals surface area contributed by atoms with Gasteiger partial charge in [0, 0.05) is 37.7 Å². The van der Waals surface area contributed by atoms with Gasteiger partial charge in [-0.15, -0.1) is 0 Å². The van der Waals surface area contributed by atoms with Gasteiger partial charge in [0.25, 0.3) is 0 Å². The van der Waals surface area contributed by atoms with E-state index in [4.69, 9.17) is 0 Å². The number of hydrogen-bond acceptors (Lipinski definition) is 4. The van der Waals surface area contributed by atoms with Gasteiger partial charge in [-0.2, -0.15) is 11.8 Å². The van der Waals surface area contributed by atoms with Crippen molar-refractivity contribution in [1.29, 1.82) is 0 Å². The van der Waals surface area contributed by atoms with Crippen LogP contribution in [0.3, 0.4) is 0 Å². The SMILES string of the molecule is CCC1C(=O)NC(C)C(=O)N1CCN1CCSCC1. The molecule has 0 aromatic rings. The maximum Gasteiger partial charge on any atom is 0.245 e. The van der Waals surface area contributed by atoms with Gasteiger partial charge in [-0.1, -0.05) is 6.92 Å². The summed E-state index contributed by atoms with van der Waals surface area (Å²) in [6, 6.07) is -0.671. The van der Waals surface area contributed by atoms with E-state index >= 15 is 0 Å². The van der Waals surface area contributed by atoms with E-state index in [9.17, 15) is 9.59 Å². The third-order valence-corrected chi connectivity index (χ3v) is 4.78. The van der Waals surface area contributed by atoms with Gasteiger partial charge in [0.05, 0.1) is 0 Å². The minimum Gasteiger partial charge on any atom is -0.343 e. The zero-order valence-corrected chi connectivity index (χ0v) is 12.5. The summed E-state index contributed by atoms with van der Waals surface area (Å²) in [7, 11) is 0. The number of hydrogen-bond donors (Lipinski definition) is 1. The van der Waals surface area contributed by atoms with Crippen LogP contribution in [0.2, 0.25) is 0 Å². The van der Waals surface area contributed by atoms with Crippen LogP contribution in [-0.4, -0.2) is 71.4 Å². The van der Waals surface area contributed by atoms with Gasteiger partial charge in [-0.3, -0.25) is 14.5 Å². The van der Waals surface area contributed by atoms with E-state index in [-0.39, 0.29) is 23.9 Å². The monoisotopic (exact) mass is 285 g/mol. The molecule has 0 saturated carbocycles. The van der Waals surface area contributed by atoms with Gasteiger partial charge >= 0.3 is 0 Å². The number of piperazine rings is 1. The van der Waals surface area contributed by atoms with Gasteiger partial charge in [-0.25, -0.2) is 0 Å². The van der Waals surface area contributed by atoms with Crippen molar-refractivity contribution < 1.29 is 9.59 Å². The molecule has 108 valence electrons. The number of nitrogens with one attached hydrogen (secondary N) is 1. The van der Waals surface area contributed by atoms with Crippen molar-refractivity contribution in [3.63, 3.8) is 0 Å². The Kier molecular flexibility index (Phi) is 5.10. The molecule has 6 heteroatoms. The van der Waals surface area contributed by atoms with Crippen molar-refractivity contribution in [3.05, 3.63) is 0 Å². The van der Waals surface area contributed by atoms with Crippen LogP contribution in [0.4, 0.5) is 0 Å². The van der Waals surface area contributed by atoms with Gasteiger partial charge in [-0.05, 0) is 13.3 Å². The molecule has 0 spiro atoms. The van der Waals surface area contributed by atoms with E-state index in [1.807, 2.05) is 18.7 Å². The number of amides is 2. The van der Waals surface area contributed by atoms with Crippen LogP contribution in [0.5, 0.6) is 0 Å². The van der Waals surface area contributed by atoms with Crippen molar-refractivity contribution in [1.82, 2.24) is 15.1 Å². The lowest BCUT2D eigenvalue weighted by Gasteiger charge is -2.39. The third kappa shape index (κ3) is 3.42. The Balaban J connectivity index is 1.94. The van der Waals surface area contributed by atoms with Crippen LogP contribution in [-0.2, 0) is 9.59 Å². The highest BCUT2D eigenvalue weighted by Crippen LogP contribution is 2.14. The van der Waals surface area contributed by atoms with Crippen LogP contribution in [0, 0.1) is 0 Å². The lowest BCUT2D eigenvalue weighted by atomic mass is 10.1. The molecule has 2 rings (SSSR count). The van der Waals surface area contributed by atoms with Crippen LogP contribution in [0.25, 0.3) is 0 Å². The quantitative estimate of drug-likeness (QED) is 0.799. The van der Waals surface area contributed by atoms with Crippen molar-refractivity contribution >= 4 is 23.6 Å². The summed E-state index contributed by atoms with van der Waals surface area (Å²) in [5.41, 5.74) is 0. The highest BCUT2D eigenvalue weighted by molar-refractivity contribution is 7.99. The molecule has 0 aliphatic carbocycles. The van der Waals surface area contributed by atoms with Crippen molar-refractivity contribution in [3.8, 4) is 0 Å². The molecular formula is C13H23N3O2S. The zero-order valence-electron chi connectivity index (χ0n) is 11.7. The summed E-state index contributed by atoms with van der Waals surface area (Å²) in [6.07, 6.45) is 0.681. The first-order valence-corrected chi connectivity index (χ1v) is 8.20. The number of carbonyl (C=O) groups is 2. The topological polar surface area (TPSA) is 52.7 Å². The number of thioether (sulfide) groups is 1. The van der Waals surface area contributed by atoms with E-state index in [0.29, 0.717) is 13.0 Å². The normalized spacial score (nSPS) is 29.5. The van der Waals surface area contributed by atoms with E-state index in [0.717, 1.165) is 19.6 Å². The maximum absolute atomic E-state index is 12.2. The molecule has 0 aromatic carbocycles. The fraction of sp³-hybridized carbons (Fsp3) is 0.846. The average molecular weight is 285 g/mol. The Bertz CT molecular complexity index is 345. The molecule has 1 N–H and O–H groups in total. The number of rotatable bonds is 4. The van der Waals surface area contributed by atoms with E-state index < -0.39 is 0 Å². The predicted molar refractivity (Wildman–Crippen MR) is 77.2 cm³/mol. The van der Waals surface area contributed by atoms with E-state index in [1.54, 1.807) is 11.8 Å². The van der Waals surface area contributed by atoms with Crippen molar-refractivity contribution in [2.45, 2.75) is 32.4 Å². The second-order valence-electron chi connectivity index (χ2n) is 5.14. The zero-order chi connectivity index (χ0) is 13.8. The highest BCUT2D eigenvalue weighted by atomic mass is 32.2. The number of nitrogens with zero attached hydrogens (tertiary/aromatic N) is 2. The molecule has 0 aromatic heterocycles. The Labute approximate surface area is 119 Å². The molecule has 2 atom stereocenters. The number of carbonyl (C=O) groups excluding carboxylic acids is 2. The van der Waals surface area contributed by atoms with E-state index in [1.165, 1.54) is 11.5 Å². The largest absolute Gasteiger partial charge is 0.343 e. The fourth-order valence-electron chi connectivity index (χ4n) is 2.66. The molecular weight excluding hydrogens is 262 g/mol. The molecule has 2 saturated heterocycles. The Hall–Kier alpha value is -0.750. The second kappa shape index (κ2) is 6.61. The smallest absolute Gasteiger partial charge is 0.245 e. The molecule has 2 aliphatic heterocycles. The lowest BCUT2D eigenvalue weighted by molar-refractivity contribution is -0.149. The summed E-state index contributed by atoms with van der Waals surface area (Å²) >= 11 is 1.98. The molecule has 19 heavy (non-hydrogen) atoms. The first-order valence-electron chi connectivity index (χ1n) is 7.04. The van der Waals surface area contributed by atoms with Crippen LogP contribution >= 0.6 is 11.8 Å². The van der Waals surface area contributed by atoms with Gasteiger partial charge < -0.3 is 10.2 Å².